The molecule has 0 spiro atoms. The first kappa shape index (κ1) is 12.0. The van der Waals surface area contributed by atoms with Crippen molar-refractivity contribution in [1.82, 2.24) is 19.7 Å². The van der Waals surface area contributed by atoms with E-state index in [1.807, 2.05) is 0 Å². The normalized spacial score (nSPS) is 17.2. The molecule has 94 valence electrons. The van der Waals surface area contributed by atoms with Gasteiger partial charge in [0.2, 0.25) is 6.33 Å². The summed E-state index contributed by atoms with van der Waals surface area (Å²) in [6.07, 6.45) is 6.30. The van der Waals surface area contributed by atoms with Crippen molar-refractivity contribution in [2.24, 2.45) is 0 Å². The molecular weight excluding hydrogens is 222 g/mol. The largest absolute Gasteiger partial charge is 0.490 e. The van der Waals surface area contributed by atoms with Crippen LogP contribution in [0, 0.1) is 10.1 Å². The van der Waals surface area contributed by atoms with Gasteiger partial charge in [-0.25, -0.2) is 0 Å². The summed E-state index contributed by atoms with van der Waals surface area (Å²) in [6, 6.07) is 0. The van der Waals surface area contributed by atoms with Gasteiger partial charge >= 0.3 is 5.95 Å². The van der Waals surface area contributed by atoms with Crippen molar-refractivity contribution in [3.63, 3.8) is 0 Å². The molecule has 0 saturated carbocycles. The maximum atomic E-state index is 10.4. The summed E-state index contributed by atoms with van der Waals surface area (Å²) in [7, 11) is 0. The zero-order valence-electron chi connectivity index (χ0n) is 9.79. The van der Waals surface area contributed by atoms with Crippen molar-refractivity contribution in [3.8, 4) is 0 Å². The molecule has 0 amide bonds. The highest BCUT2D eigenvalue weighted by Crippen LogP contribution is 2.09. The Bertz CT molecular complexity index is 373. The molecule has 0 aliphatic carbocycles. The molecule has 0 bridgehead atoms. The Morgan fingerprint density at radius 3 is 2.71 bits per heavy atom. The standard InChI is InChI=1S/C10H17N5O2/c16-15(17)10-11-9-14(12-10)8-4-7-13-5-2-1-3-6-13/h9H,1-8H2. The Morgan fingerprint density at radius 2 is 2.06 bits per heavy atom. The summed E-state index contributed by atoms with van der Waals surface area (Å²) in [6.45, 7) is 4.08. The first-order valence-electron chi connectivity index (χ1n) is 6.02. The zero-order chi connectivity index (χ0) is 12.1. The molecule has 7 heteroatoms. The maximum Gasteiger partial charge on any atom is 0.490 e. The second-order valence-corrected chi connectivity index (χ2v) is 4.32. The molecule has 0 radical (unpaired) electrons. The van der Waals surface area contributed by atoms with Gasteiger partial charge in [0.05, 0.1) is 6.54 Å². The molecule has 17 heavy (non-hydrogen) atoms. The van der Waals surface area contributed by atoms with Crippen molar-refractivity contribution in [3.05, 3.63) is 16.4 Å². The minimum atomic E-state index is -0.568. The van der Waals surface area contributed by atoms with Crippen LogP contribution in [-0.4, -0.2) is 44.2 Å². The molecule has 0 atom stereocenters. The number of aryl methyl sites for hydroxylation is 1. The van der Waals surface area contributed by atoms with Crippen molar-refractivity contribution >= 4 is 5.95 Å². The van der Waals surface area contributed by atoms with Crippen LogP contribution in [0.5, 0.6) is 0 Å². The third kappa shape index (κ3) is 3.48. The van der Waals surface area contributed by atoms with Gasteiger partial charge in [0.15, 0.2) is 0 Å². The van der Waals surface area contributed by atoms with Crippen molar-refractivity contribution in [2.45, 2.75) is 32.2 Å². The molecule has 1 aliphatic rings. The van der Waals surface area contributed by atoms with E-state index in [9.17, 15) is 10.1 Å². The van der Waals surface area contributed by atoms with E-state index in [4.69, 9.17) is 0 Å². The summed E-state index contributed by atoms with van der Waals surface area (Å²) in [5.74, 6) is -0.317. The van der Waals surface area contributed by atoms with Crippen LogP contribution >= 0.6 is 0 Å². The van der Waals surface area contributed by atoms with Gasteiger partial charge in [0.25, 0.3) is 0 Å². The van der Waals surface area contributed by atoms with Crippen LogP contribution in [0.1, 0.15) is 25.7 Å². The molecular formula is C10H17N5O2. The lowest BCUT2D eigenvalue weighted by atomic mass is 10.1. The highest BCUT2D eigenvalue weighted by molar-refractivity contribution is 4.96. The minimum Gasteiger partial charge on any atom is -0.390 e. The van der Waals surface area contributed by atoms with E-state index in [1.165, 1.54) is 38.7 Å². The summed E-state index contributed by atoms with van der Waals surface area (Å²) in [5, 5.41) is 14.2. The average molecular weight is 239 g/mol. The second kappa shape index (κ2) is 5.72. The summed E-state index contributed by atoms with van der Waals surface area (Å²) in [4.78, 5) is 15.9. The van der Waals surface area contributed by atoms with Crippen molar-refractivity contribution < 1.29 is 4.92 Å². The summed E-state index contributed by atoms with van der Waals surface area (Å²) >= 11 is 0. The van der Waals surface area contributed by atoms with Crippen molar-refractivity contribution in [2.75, 3.05) is 19.6 Å². The molecule has 7 nitrogen and oxygen atoms in total. The monoisotopic (exact) mass is 239 g/mol. The van der Waals surface area contributed by atoms with Crippen LogP contribution in [0.25, 0.3) is 0 Å². The first-order valence-corrected chi connectivity index (χ1v) is 6.02. The number of nitro groups is 1. The highest BCUT2D eigenvalue weighted by atomic mass is 16.6. The van der Waals surface area contributed by atoms with Crippen LogP contribution in [0.3, 0.4) is 0 Å². The fraction of sp³-hybridized carbons (Fsp3) is 0.800. The molecule has 1 fully saturated rings. The number of aromatic nitrogens is 3. The summed E-state index contributed by atoms with van der Waals surface area (Å²) in [5.41, 5.74) is 0. The Morgan fingerprint density at radius 1 is 1.29 bits per heavy atom. The molecule has 2 heterocycles. The van der Waals surface area contributed by atoms with E-state index < -0.39 is 4.92 Å². The molecule has 1 aliphatic heterocycles. The van der Waals surface area contributed by atoms with Gasteiger partial charge in [-0.15, -0.1) is 0 Å². The number of nitrogens with zero attached hydrogens (tertiary/aromatic N) is 5. The predicted molar refractivity (Wildman–Crippen MR) is 61.6 cm³/mol. The molecule has 0 unspecified atom stereocenters. The molecule has 1 aromatic rings. The molecule has 0 N–H and O–H groups in total. The van der Waals surface area contributed by atoms with E-state index in [-0.39, 0.29) is 5.95 Å². The number of piperidine rings is 1. The Kier molecular flexibility index (Phi) is 4.03. The number of rotatable bonds is 5. The van der Waals surface area contributed by atoms with Crippen LogP contribution in [0.2, 0.25) is 0 Å². The van der Waals surface area contributed by atoms with Crippen LogP contribution in [0.15, 0.2) is 6.33 Å². The molecule has 1 saturated heterocycles. The van der Waals surface area contributed by atoms with Gasteiger partial charge in [0.1, 0.15) is 0 Å². The number of hydrogen-bond acceptors (Lipinski definition) is 5. The van der Waals surface area contributed by atoms with Crippen LogP contribution in [0.4, 0.5) is 5.95 Å². The third-order valence-electron chi connectivity index (χ3n) is 3.00. The van der Waals surface area contributed by atoms with E-state index in [0.29, 0.717) is 6.54 Å². The lowest BCUT2D eigenvalue weighted by Crippen LogP contribution is -2.31. The zero-order valence-corrected chi connectivity index (χ0v) is 9.79. The van der Waals surface area contributed by atoms with E-state index >= 15 is 0 Å². The smallest absolute Gasteiger partial charge is 0.390 e. The number of hydrogen-bond donors (Lipinski definition) is 0. The lowest BCUT2D eigenvalue weighted by Gasteiger charge is -2.25. The highest BCUT2D eigenvalue weighted by Gasteiger charge is 2.13. The van der Waals surface area contributed by atoms with E-state index in [0.717, 1.165) is 13.0 Å². The molecule has 1 aromatic heterocycles. The second-order valence-electron chi connectivity index (χ2n) is 4.32. The van der Waals surface area contributed by atoms with Crippen LogP contribution < -0.4 is 0 Å². The van der Waals surface area contributed by atoms with Gasteiger partial charge in [-0.3, -0.25) is 0 Å². The predicted octanol–water partition coefficient (Wildman–Crippen LogP) is 1.06. The average Bonchev–Trinajstić information content (AvgIpc) is 2.79. The molecule has 0 aromatic carbocycles. The lowest BCUT2D eigenvalue weighted by molar-refractivity contribution is -0.394. The van der Waals surface area contributed by atoms with E-state index in [1.54, 1.807) is 4.68 Å². The van der Waals surface area contributed by atoms with Crippen molar-refractivity contribution in [1.29, 1.82) is 0 Å². The van der Waals surface area contributed by atoms with Gasteiger partial charge in [-0.2, -0.15) is 4.68 Å². The van der Waals surface area contributed by atoms with Gasteiger partial charge < -0.3 is 15.0 Å². The fourth-order valence-corrected chi connectivity index (χ4v) is 2.12. The Hall–Kier alpha value is -1.50. The van der Waals surface area contributed by atoms with Gasteiger partial charge in [-0.05, 0) is 43.8 Å². The molecule has 2 rings (SSSR count). The topological polar surface area (TPSA) is 77.1 Å². The SMILES string of the molecule is O=[N+]([O-])c1ncn(CCCN2CCCCC2)n1. The fourth-order valence-electron chi connectivity index (χ4n) is 2.12. The number of likely N-dealkylation sites (tertiary alicyclic amines) is 1. The van der Waals surface area contributed by atoms with Gasteiger partial charge in [-0.1, -0.05) is 11.4 Å². The first-order chi connectivity index (χ1) is 8.25. The Balaban J connectivity index is 1.71. The summed E-state index contributed by atoms with van der Waals surface area (Å²) < 4.78 is 1.54. The van der Waals surface area contributed by atoms with Crippen LogP contribution in [-0.2, 0) is 6.54 Å². The van der Waals surface area contributed by atoms with E-state index in [2.05, 4.69) is 15.0 Å². The minimum absolute atomic E-state index is 0.317. The Labute approximate surface area is 99.6 Å². The maximum absolute atomic E-state index is 10.4. The third-order valence-corrected chi connectivity index (χ3v) is 3.00. The van der Waals surface area contributed by atoms with Gasteiger partial charge in [0, 0.05) is 5.10 Å². The quantitative estimate of drug-likeness (QED) is 0.567.